The maximum atomic E-state index is 13.5. The molecule has 0 aromatic carbocycles. The summed E-state index contributed by atoms with van der Waals surface area (Å²) < 4.78 is 34.5. The van der Waals surface area contributed by atoms with Gasteiger partial charge in [-0.2, -0.15) is 0 Å². The summed E-state index contributed by atoms with van der Waals surface area (Å²) in [6.07, 6.45) is 2.56. The Morgan fingerprint density at radius 1 is 0.754 bits per heavy atom. The van der Waals surface area contributed by atoms with Crippen molar-refractivity contribution >= 4 is 25.5 Å². The molecule has 2 rings (SSSR count). The standard InChI is InChI=1S/C47H83O17P/c1-3-5-7-8-9-10-11-12-13-14-15-16-17-18-20-25-40(52)61-31-35-32-62-65(59,60)64-47-45(57)42(54)36(28-27-33(48)23-19-6-4-2)38(50)30-39(51)37(43(55)44(56)46(47)58)29-34(49)24-21-22-26-41(53)63-35/h12-13,27-28,33,35-39,42-48,50-51,54-58H,3-11,14-26,29-32H2,1-2H3,(H,59,60)/b13-12-,28-27+/t33-,35+,36-,37-,38+,39-,42+,43+,44-,45+,46+,47+/m0/s1. The molecule has 378 valence electrons. The van der Waals surface area contributed by atoms with Crippen molar-refractivity contribution < 1.29 is 83.2 Å². The van der Waals surface area contributed by atoms with Gasteiger partial charge in [0, 0.05) is 43.9 Å². The van der Waals surface area contributed by atoms with E-state index in [1.807, 2.05) is 6.92 Å². The summed E-state index contributed by atoms with van der Waals surface area (Å²) in [6, 6.07) is 0. The van der Waals surface area contributed by atoms with Gasteiger partial charge in [-0.1, -0.05) is 109 Å². The Kier molecular flexibility index (Phi) is 30.3. The number of Topliss-reactive ketones (excluding diaryl/α,β-unsaturated/α-hetero) is 1. The number of phosphoric acid groups is 1. The molecule has 0 aromatic heterocycles. The lowest BCUT2D eigenvalue weighted by Crippen LogP contribution is -2.56. The van der Waals surface area contributed by atoms with Gasteiger partial charge in [-0.05, 0) is 51.4 Å². The van der Waals surface area contributed by atoms with E-state index in [0.29, 0.717) is 19.3 Å². The number of phosphoric ester groups is 1. The van der Waals surface area contributed by atoms with Crippen molar-refractivity contribution in [1.82, 2.24) is 0 Å². The van der Waals surface area contributed by atoms with Crippen LogP contribution in [0.1, 0.15) is 168 Å². The van der Waals surface area contributed by atoms with E-state index in [2.05, 4.69) is 19.1 Å². The molecule has 65 heavy (non-hydrogen) atoms. The van der Waals surface area contributed by atoms with Gasteiger partial charge in [0.05, 0.1) is 37.1 Å². The molecule has 17 nitrogen and oxygen atoms in total. The number of allylic oxidation sites excluding steroid dienone is 2. The molecular weight excluding hydrogens is 867 g/mol. The summed E-state index contributed by atoms with van der Waals surface area (Å²) in [7, 11) is -5.49. The van der Waals surface area contributed by atoms with E-state index < -0.39 is 124 Å². The highest BCUT2D eigenvalue weighted by Gasteiger charge is 2.49. The van der Waals surface area contributed by atoms with Crippen LogP contribution in [0.15, 0.2) is 24.3 Å². The molecule has 1 aliphatic heterocycles. The minimum atomic E-state index is -5.49. The van der Waals surface area contributed by atoms with Crippen LogP contribution in [0.2, 0.25) is 0 Å². The van der Waals surface area contributed by atoms with Crippen LogP contribution in [0.25, 0.3) is 0 Å². The first-order valence-corrected chi connectivity index (χ1v) is 25.8. The number of cyclic esters (lactones) is 1. The Labute approximate surface area is 386 Å². The fourth-order valence-electron chi connectivity index (χ4n) is 8.17. The Balaban J connectivity index is 2.18. The van der Waals surface area contributed by atoms with Crippen molar-refractivity contribution in [2.24, 2.45) is 11.8 Å². The third kappa shape index (κ3) is 24.1. The molecule has 0 aromatic rings. The highest BCUT2D eigenvalue weighted by atomic mass is 31.2. The van der Waals surface area contributed by atoms with Gasteiger partial charge >= 0.3 is 19.8 Å². The molecule has 1 saturated carbocycles. The summed E-state index contributed by atoms with van der Waals surface area (Å²) in [4.78, 5) is 49.6. The normalized spacial score (nSPS) is 32.3. The average Bonchev–Trinajstić information content (AvgIpc) is 3.27. The second-order valence-corrected chi connectivity index (χ2v) is 19.3. The molecule has 0 amide bonds. The first kappa shape index (κ1) is 59.0. The molecule has 2 aliphatic rings. The second kappa shape index (κ2) is 33.4. The summed E-state index contributed by atoms with van der Waals surface area (Å²) in [5.74, 6) is -5.01. The maximum Gasteiger partial charge on any atom is 0.472 e. The van der Waals surface area contributed by atoms with E-state index in [0.717, 1.165) is 51.4 Å². The van der Waals surface area contributed by atoms with Crippen LogP contribution in [0, 0.1) is 11.8 Å². The van der Waals surface area contributed by atoms with Crippen LogP contribution in [0.5, 0.6) is 0 Å². The van der Waals surface area contributed by atoms with E-state index in [-0.39, 0.29) is 32.1 Å². The molecule has 0 spiro atoms. The number of carbonyl (C=O) groups is 3. The van der Waals surface area contributed by atoms with Crippen molar-refractivity contribution in [3.8, 4) is 0 Å². The van der Waals surface area contributed by atoms with E-state index in [9.17, 15) is 64.7 Å². The van der Waals surface area contributed by atoms with Gasteiger partial charge in [0.15, 0.2) is 6.10 Å². The van der Waals surface area contributed by atoms with Crippen molar-refractivity contribution in [1.29, 1.82) is 0 Å². The molecule has 13 atom stereocenters. The van der Waals surface area contributed by atoms with Crippen LogP contribution in [0.3, 0.4) is 0 Å². The van der Waals surface area contributed by atoms with Crippen molar-refractivity contribution in [2.45, 2.75) is 229 Å². The predicted octanol–water partition coefficient (Wildman–Crippen LogP) is 5.17. The SMILES string of the molecule is CCCCCCCC/C=C\CCCCCCCC(=O)OC[C@@H]1COP(=O)(O)O[C@H]2[C@H](O)[C@@H](O)[C@H](O)[C@@H](CC(=O)CCCCC(=O)O1)[C@@H](O)C[C@@H](O)[C@H](/C=C/[C@@H](O)CCCCC)[C@@H](O)[C@H]2O. The fraction of sp³-hybridized carbons (Fsp3) is 0.851. The van der Waals surface area contributed by atoms with Gasteiger partial charge in [-0.15, -0.1) is 0 Å². The molecule has 9 N–H and O–H groups in total. The summed E-state index contributed by atoms with van der Waals surface area (Å²) in [5.41, 5.74) is 0. The summed E-state index contributed by atoms with van der Waals surface area (Å²) in [5, 5.41) is 89.9. The number of aliphatic hydroxyl groups excluding tert-OH is 8. The quantitative estimate of drug-likeness (QED) is 0.0276. The molecule has 1 saturated heterocycles. The number of unbranched alkanes of at least 4 members (excludes halogenated alkanes) is 13. The number of ether oxygens (including phenoxy) is 2. The molecule has 1 aliphatic carbocycles. The molecule has 18 heteroatoms. The number of rotatable bonds is 23. The number of ketones is 1. The zero-order valence-corrected chi connectivity index (χ0v) is 39.8. The average molecular weight is 951 g/mol. The van der Waals surface area contributed by atoms with E-state index in [1.54, 1.807) is 0 Å². The predicted molar refractivity (Wildman–Crippen MR) is 242 cm³/mol. The monoisotopic (exact) mass is 951 g/mol. The summed E-state index contributed by atoms with van der Waals surface area (Å²) >= 11 is 0. The van der Waals surface area contributed by atoms with Gasteiger partial charge in [0.25, 0.3) is 0 Å². The van der Waals surface area contributed by atoms with Crippen LogP contribution in [-0.4, -0.2) is 138 Å². The van der Waals surface area contributed by atoms with Crippen molar-refractivity contribution in [2.75, 3.05) is 13.2 Å². The fourth-order valence-corrected chi connectivity index (χ4v) is 9.14. The number of carbonyl (C=O) groups excluding carboxylic acids is 3. The minimum absolute atomic E-state index is 0.0733. The Morgan fingerprint density at radius 2 is 1.34 bits per heavy atom. The molecule has 0 radical (unpaired) electrons. The van der Waals surface area contributed by atoms with E-state index in [1.165, 1.54) is 50.7 Å². The first-order chi connectivity index (χ1) is 31.0. The molecule has 2 bridgehead atoms. The number of esters is 2. The molecule has 1 unspecified atom stereocenters. The van der Waals surface area contributed by atoms with Crippen molar-refractivity contribution in [3.63, 3.8) is 0 Å². The molecule has 1 heterocycles. The number of hydrogen-bond acceptors (Lipinski definition) is 16. The van der Waals surface area contributed by atoms with Gasteiger partial charge < -0.3 is 55.2 Å². The number of aliphatic hydroxyl groups is 8. The van der Waals surface area contributed by atoms with Gasteiger partial charge in [0.2, 0.25) is 0 Å². The third-order valence-electron chi connectivity index (χ3n) is 12.2. The zero-order valence-electron chi connectivity index (χ0n) is 38.9. The minimum Gasteiger partial charge on any atom is -0.462 e. The van der Waals surface area contributed by atoms with Gasteiger partial charge in [0.1, 0.15) is 36.8 Å². The summed E-state index contributed by atoms with van der Waals surface area (Å²) in [6.45, 7) is 2.71. The Hall–Kier alpha value is -2.12. The topological polar surface area (TPSA) is 287 Å². The number of fused-ring (bicyclic) bond motifs is 4. The second-order valence-electron chi connectivity index (χ2n) is 17.9. The van der Waals surface area contributed by atoms with Crippen molar-refractivity contribution in [3.05, 3.63) is 24.3 Å². The highest BCUT2D eigenvalue weighted by molar-refractivity contribution is 7.47. The van der Waals surface area contributed by atoms with Gasteiger partial charge in [-0.25, -0.2) is 4.57 Å². The van der Waals surface area contributed by atoms with Crippen LogP contribution >= 0.6 is 7.82 Å². The zero-order chi connectivity index (χ0) is 48.2. The molecule has 2 fully saturated rings. The Morgan fingerprint density at radius 3 is 2.00 bits per heavy atom. The lowest BCUT2D eigenvalue weighted by Gasteiger charge is -2.37. The van der Waals surface area contributed by atoms with Crippen LogP contribution in [0.4, 0.5) is 0 Å². The first-order valence-electron chi connectivity index (χ1n) is 24.3. The lowest BCUT2D eigenvalue weighted by molar-refractivity contribution is -0.168. The molecular formula is C47H83O17P. The largest absolute Gasteiger partial charge is 0.472 e. The number of hydrogen-bond donors (Lipinski definition) is 9. The van der Waals surface area contributed by atoms with Gasteiger partial charge in [-0.3, -0.25) is 23.4 Å². The van der Waals surface area contributed by atoms with E-state index >= 15 is 0 Å². The maximum absolute atomic E-state index is 13.5. The highest BCUT2D eigenvalue weighted by Crippen LogP contribution is 2.47. The smallest absolute Gasteiger partial charge is 0.462 e. The third-order valence-corrected chi connectivity index (χ3v) is 13.2. The van der Waals surface area contributed by atoms with Crippen LogP contribution in [-0.2, 0) is 37.5 Å². The van der Waals surface area contributed by atoms with E-state index in [4.69, 9.17) is 18.5 Å². The lowest BCUT2D eigenvalue weighted by atomic mass is 9.82. The van der Waals surface area contributed by atoms with Crippen LogP contribution < -0.4 is 0 Å². The Bertz CT molecular complexity index is 1430.